The van der Waals surface area contributed by atoms with Crippen molar-refractivity contribution in [1.82, 2.24) is 19.7 Å². The van der Waals surface area contributed by atoms with E-state index >= 15 is 0 Å². The molecular weight excluding hydrogens is 266 g/mol. The van der Waals surface area contributed by atoms with Crippen LogP contribution in [0.4, 0.5) is 5.69 Å². The van der Waals surface area contributed by atoms with E-state index in [-0.39, 0.29) is 5.91 Å². The Balaban J connectivity index is 1.74. The fraction of sp³-hybridized carbons (Fsp3) is 0.467. The van der Waals surface area contributed by atoms with Crippen LogP contribution in [0.15, 0.2) is 30.7 Å². The van der Waals surface area contributed by atoms with Crippen molar-refractivity contribution < 1.29 is 4.79 Å². The van der Waals surface area contributed by atoms with Gasteiger partial charge >= 0.3 is 0 Å². The van der Waals surface area contributed by atoms with E-state index < -0.39 is 0 Å². The van der Waals surface area contributed by atoms with Crippen molar-refractivity contribution in [2.75, 3.05) is 18.4 Å². The van der Waals surface area contributed by atoms with Gasteiger partial charge < -0.3 is 15.2 Å². The number of hydrogen-bond donors (Lipinski definition) is 2. The lowest BCUT2D eigenvalue weighted by atomic mass is 10.1. The number of amides is 1. The highest BCUT2D eigenvalue weighted by Crippen LogP contribution is 2.21. The molecule has 0 spiro atoms. The fourth-order valence-electron chi connectivity index (χ4n) is 2.79. The molecule has 1 fully saturated rings. The minimum atomic E-state index is -0.0748. The quantitative estimate of drug-likeness (QED) is 0.902. The molecule has 2 aromatic rings. The molecule has 3 heterocycles. The summed E-state index contributed by atoms with van der Waals surface area (Å²) in [6, 6.07) is 4.22. The number of nitrogens with one attached hydrogen (secondary N) is 2. The SMILES string of the molecule is CCn1cc(NC(=O)c2cccn2C2CCNCC2)cn1. The summed E-state index contributed by atoms with van der Waals surface area (Å²) in [5, 5.41) is 10.4. The van der Waals surface area contributed by atoms with E-state index in [0.29, 0.717) is 11.7 Å². The number of piperidine rings is 1. The average molecular weight is 287 g/mol. The number of aryl methyl sites for hydroxylation is 1. The van der Waals surface area contributed by atoms with Crippen LogP contribution in [0.2, 0.25) is 0 Å². The predicted molar refractivity (Wildman–Crippen MR) is 81.4 cm³/mol. The minimum absolute atomic E-state index is 0.0748. The predicted octanol–water partition coefficient (Wildman–Crippen LogP) is 1.88. The van der Waals surface area contributed by atoms with Crippen LogP contribution in [-0.2, 0) is 6.54 Å². The first-order valence-corrected chi connectivity index (χ1v) is 7.49. The van der Waals surface area contributed by atoms with E-state index in [4.69, 9.17) is 0 Å². The summed E-state index contributed by atoms with van der Waals surface area (Å²) in [4.78, 5) is 12.5. The molecule has 0 aromatic carbocycles. The monoisotopic (exact) mass is 287 g/mol. The Morgan fingerprint density at radius 3 is 3.00 bits per heavy atom. The number of carbonyl (C=O) groups excluding carboxylic acids is 1. The zero-order valence-electron chi connectivity index (χ0n) is 12.2. The first-order chi connectivity index (χ1) is 10.3. The third-order valence-electron chi connectivity index (χ3n) is 3.93. The molecule has 1 aliphatic heterocycles. The molecule has 1 saturated heterocycles. The van der Waals surface area contributed by atoms with E-state index in [9.17, 15) is 4.79 Å². The summed E-state index contributed by atoms with van der Waals surface area (Å²) >= 11 is 0. The van der Waals surface area contributed by atoms with Crippen LogP contribution in [0.25, 0.3) is 0 Å². The number of rotatable bonds is 4. The van der Waals surface area contributed by atoms with Gasteiger partial charge in [0.05, 0.1) is 11.9 Å². The van der Waals surface area contributed by atoms with E-state index in [2.05, 4.69) is 20.3 Å². The highest BCUT2D eigenvalue weighted by molar-refractivity contribution is 6.03. The average Bonchev–Trinajstić information content (AvgIpc) is 3.17. The van der Waals surface area contributed by atoms with Gasteiger partial charge in [0, 0.05) is 25.0 Å². The molecule has 0 aliphatic carbocycles. The lowest BCUT2D eigenvalue weighted by molar-refractivity contribution is 0.101. The summed E-state index contributed by atoms with van der Waals surface area (Å²) in [7, 11) is 0. The van der Waals surface area contributed by atoms with Gasteiger partial charge in [-0.25, -0.2) is 0 Å². The van der Waals surface area contributed by atoms with Crippen LogP contribution >= 0.6 is 0 Å². The summed E-state index contributed by atoms with van der Waals surface area (Å²) in [6.07, 6.45) is 7.64. The largest absolute Gasteiger partial charge is 0.340 e. The molecule has 0 atom stereocenters. The molecule has 3 rings (SSSR count). The fourth-order valence-corrected chi connectivity index (χ4v) is 2.79. The lowest BCUT2D eigenvalue weighted by Crippen LogP contribution is -2.31. The number of carbonyl (C=O) groups is 1. The van der Waals surface area contributed by atoms with Crippen LogP contribution < -0.4 is 10.6 Å². The molecule has 0 bridgehead atoms. The summed E-state index contributed by atoms with van der Waals surface area (Å²) in [5.41, 5.74) is 1.45. The van der Waals surface area contributed by atoms with Crippen molar-refractivity contribution in [1.29, 1.82) is 0 Å². The zero-order chi connectivity index (χ0) is 14.7. The molecule has 0 saturated carbocycles. The highest BCUT2D eigenvalue weighted by Gasteiger charge is 2.20. The van der Waals surface area contributed by atoms with Gasteiger partial charge in [0.25, 0.3) is 5.91 Å². The number of hydrogen-bond acceptors (Lipinski definition) is 3. The van der Waals surface area contributed by atoms with Crippen molar-refractivity contribution in [2.45, 2.75) is 32.4 Å². The van der Waals surface area contributed by atoms with Crippen LogP contribution in [0.1, 0.15) is 36.3 Å². The topological polar surface area (TPSA) is 63.9 Å². The third kappa shape index (κ3) is 3.00. The molecule has 0 radical (unpaired) electrons. The summed E-state index contributed by atoms with van der Waals surface area (Å²) < 4.78 is 3.89. The van der Waals surface area contributed by atoms with E-state index in [0.717, 1.165) is 38.2 Å². The molecule has 6 heteroatoms. The van der Waals surface area contributed by atoms with Crippen LogP contribution in [-0.4, -0.2) is 33.3 Å². The third-order valence-corrected chi connectivity index (χ3v) is 3.93. The van der Waals surface area contributed by atoms with Crippen LogP contribution in [0.3, 0.4) is 0 Å². The molecule has 2 aromatic heterocycles. The van der Waals surface area contributed by atoms with Crippen molar-refractivity contribution in [3.05, 3.63) is 36.4 Å². The Labute approximate surface area is 124 Å². The van der Waals surface area contributed by atoms with Crippen LogP contribution in [0, 0.1) is 0 Å². The smallest absolute Gasteiger partial charge is 0.272 e. The second-order valence-corrected chi connectivity index (χ2v) is 5.32. The number of anilines is 1. The first-order valence-electron chi connectivity index (χ1n) is 7.49. The first kappa shape index (κ1) is 13.9. The molecule has 1 aliphatic rings. The van der Waals surface area contributed by atoms with Gasteiger partial charge in [0.2, 0.25) is 0 Å². The van der Waals surface area contributed by atoms with Crippen molar-refractivity contribution >= 4 is 11.6 Å². The Morgan fingerprint density at radius 1 is 1.48 bits per heavy atom. The van der Waals surface area contributed by atoms with Crippen molar-refractivity contribution in [2.24, 2.45) is 0 Å². The van der Waals surface area contributed by atoms with Crippen molar-refractivity contribution in [3.8, 4) is 0 Å². The lowest BCUT2D eigenvalue weighted by Gasteiger charge is -2.25. The van der Waals surface area contributed by atoms with Crippen molar-refractivity contribution in [3.63, 3.8) is 0 Å². The van der Waals surface area contributed by atoms with Crippen LogP contribution in [0.5, 0.6) is 0 Å². The Kier molecular flexibility index (Phi) is 4.06. The number of aromatic nitrogens is 3. The molecule has 1 amide bonds. The van der Waals surface area contributed by atoms with Gasteiger partial charge in [-0.2, -0.15) is 5.10 Å². The Hall–Kier alpha value is -2.08. The minimum Gasteiger partial charge on any atom is -0.340 e. The maximum atomic E-state index is 12.5. The van der Waals surface area contributed by atoms with Gasteiger partial charge in [-0.15, -0.1) is 0 Å². The molecule has 0 unspecified atom stereocenters. The van der Waals surface area contributed by atoms with Gasteiger partial charge in [-0.3, -0.25) is 9.48 Å². The summed E-state index contributed by atoms with van der Waals surface area (Å²) in [5.74, 6) is -0.0748. The normalized spacial score (nSPS) is 16.0. The zero-order valence-corrected chi connectivity index (χ0v) is 12.2. The van der Waals surface area contributed by atoms with E-state index in [1.807, 2.05) is 31.5 Å². The second-order valence-electron chi connectivity index (χ2n) is 5.32. The Morgan fingerprint density at radius 2 is 2.29 bits per heavy atom. The molecule has 112 valence electrons. The molecule has 6 nitrogen and oxygen atoms in total. The Bertz CT molecular complexity index is 609. The molecule has 21 heavy (non-hydrogen) atoms. The van der Waals surface area contributed by atoms with E-state index in [1.165, 1.54) is 0 Å². The standard InChI is InChI=1S/C15H21N5O/c1-2-19-11-12(10-17-19)18-15(21)14-4-3-9-20(14)13-5-7-16-8-6-13/h3-4,9-11,13,16H,2,5-8H2,1H3,(H,18,21). The maximum absolute atomic E-state index is 12.5. The summed E-state index contributed by atoms with van der Waals surface area (Å²) in [6.45, 7) is 4.82. The molecular formula is C15H21N5O. The van der Waals surface area contributed by atoms with E-state index in [1.54, 1.807) is 10.9 Å². The highest BCUT2D eigenvalue weighted by atomic mass is 16.2. The van der Waals surface area contributed by atoms with Gasteiger partial charge in [-0.1, -0.05) is 0 Å². The van der Waals surface area contributed by atoms with Gasteiger partial charge in [-0.05, 0) is 45.0 Å². The number of nitrogens with zero attached hydrogens (tertiary/aromatic N) is 3. The van der Waals surface area contributed by atoms with Gasteiger partial charge in [0.15, 0.2) is 0 Å². The maximum Gasteiger partial charge on any atom is 0.272 e. The molecule has 2 N–H and O–H groups in total. The second kappa shape index (κ2) is 6.13. The van der Waals surface area contributed by atoms with Gasteiger partial charge in [0.1, 0.15) is 5.69 Å².